The lowest BCUT2D eigenvalue weighted by Crippen LogP contribution is -2.40. The number of aromatic carboxylic acids is 1. The molecule has 0 aliphatic carbocycles. The number of aryl methyl sites for hydroxylation is 1. The van der Waals surface area contributed by atoms with Gasteiger partial charge in [-0.25, -0.2) is 19.6 Å². The van der Waals surface area contributed by atoms with Gasteiger partial charge in [-0.2, -0.15) is 9.97 Å². The summed E-state index contributed by atoms with van der Waals surface area (Å²) in [4.78, 5) is 52.3. The Balaban J connectivity index is 1.24. The molecule has 0 spiro atoms. The quantitative estimate of drug-likeness (QED) is 0.114. The van der Waals surface area contributed by atoms with E-state index >= 15 is 0 Å². The van der Waals surface area contributed by atoms with Crippen molar-refractivity contribution >= 4 is 52.2 Å². The van der Waals surface area contributed by atoms with E-state index in [9.17, 15) is 24.6 Å². The number of nitrogens with zero attached hydrogens (tertiary/aromatic N) is 4. The molecule has 0 fully saturated rings. The standard InChI is InChI=1S/C28H31N9O5/c1-15-5-8-18(12-20(15)26(39)40)31-11-3-2-4-21(27(41)42)35-25(38)16-6-9-17(10-7-16)32-13-19-14-33-24-22(34-19)23(29)36-28(30)37-24/h5-10,12,14,21,31-32H,2-4,11,13H2,1H3,(H,35,38)(H,39,40)(H,41,42)(H4,29,30,33,36,37)/t21-/m0/s1. The van der Waals surface area contributed by atoms with Crippen LogP contribution in [0.4, 0.5) is 23.1 Å². The van der Waals surface area contributed by atoms with Gasteiger partial charge in [-0.3, -0.25) is 4.79 Å². The molecule has 4 rings (SSSR count). The lowest BCUT2D eigenvalue weighted by molar-refractivity contribution is -0.139. The molecule has 1 atom stereocenters. The SMILES string of the molecule is Cc1ccc(NCCCC[C@H](NC(=O)c2ccc(NCc3cnc4nc(N)nc(N)c4n3)cc2)C(=O)O)cc1C(=O)O. The van der Waals surface area contributed by atoms with E-state index in [4.69, 9.17) is 11.5 Å². The van der Waals surface area contributed by atoms with Gasteiger partial charge in [-0.15, -0.1) is 0 Å². The minimum Gasteiger partial charge on any atom is -0.480 e. The first-order valence-electron chi connectivity index (χ1n) is 13.1. The summed E-state index contributed by atoms with van der Waals surface area (Å²) in [5.41, 5.74) is 15.3. The van der Waals surface area contributed by atoms with E-state index in [0.717, 1.165) is 0 Å². The highest BCUT2D eigenvalue weighted by molar-refractivity contribution is 5.96. The van der Waals surface area contributed by atoms with E-state index in [1.807, 2.05) is 0 Å². The molecule has 14 nitrogen and oxygen atoms in total. The van der Waals surface area contributed by atoms with Crippen molar-refractivity contribution in [3.05, 3.63) is 71.0 Å². The minimum atomic E-state index is -1.12. The van der Waals surface area contributed by atoms with Crippen LogP contribution in [0.1, 0.15) is 51.2 Å². The molecule has 2 aromatic carbocycles. The van der Waals surface area contributed by atoms with Gasteiger partial charge in [0.2, 0.25) is 5.95 Å². The summed E-state index contributed by atoms with van der Waals surface area (Å²) in [6.45, 7) is 2.57. The van der Waals surface area contributed by atoms with Gasteiger partial charge in [0.25, 0.3) is 5.91 Å². The molecule has 42 heavy (non-hydrogen) atoms. The summed E-state index contributed by atoms with van der Waals surface area (Å²) in [6.07, 6.45) is 2.95. The Morgan fingerprint density at radius 3 is 2.38 bits per heavy atom. The summed E-state index contributed by atoms with van der Waals surface area (Å²) in [5, 5.41) is 27.8. The average molecular weight is 574 g/mol. The molecule has 9 N–H and O–H groups in total. The molecular formula is C28H31N9O5. The van der Waals surface area contributed by atoms with Crippen LogP contribution in [0.15, 0.2) is 48.7 Å². The van der Waals surface area contributed by atoms with E-state index < -0.39 is 23.9 Å². The van der Waals surface area contributed by atoms with Gasteiger partial charge in [0.15, 0.2) is 17.0 Å². The first-order chi connectivity index (χ1) is 20.1. The summed E-state index contributed by atoms with van der Waals surface area (Å²) in [6, 6.07) is 10.6. The number of carbonyl (C=O) groups is 3. The van der Waals surface area contributed by atoms with Crippen LogP contribution in [-0.4, -0.2) is 60.6 Å². The number of nitrogens with two attached hydrogens (primary N) is 2. The third-order valence-electron chi connectivity index (χ3n) is 6.44. The summed E-state index contributed by atoms with van der Waals surface area (Å²) >= 11 is 0. The number of hydrogen-bond donors (Lipinski definition) is 7. The van der Waals surface area contributed by atoms with Crippen LogP contribution < -0.4 is 27.4 Å². The number of unbranched alkanes of at least 4 members (excludes halogenated alkanes) is 1. The zero-order valence-corrected chi connectivity index (χ0v) is 22.8. The molecule has 0 bridgehead atoms. The Morgan fingerprint density at radius 1 is 0.929 bits per heavy atom. The second-order valence-electron chi connectivity index (χ2n) is 9.55. The van der Waals surface area contributed by atoms with E-state index in [1.54, 1.807) is 55.6 Å². The Kier molecular flexibility index (Phi) is 9.27. The monoisotopic (exact) mass is 573 g/mol. The summed E-state index contributed by atoms with van der Waals surface area (Å²) < 4.78 is 0. The van der Waals surface area contributed by atoms with Gasteiger partial charge in [0.05, 0.1) is 24.0 Å². The molecule has 0 saturated carbocycles. The molecule has 0 radical (unpaired) electrons. The molecule has 0 saturated heterocycles. The van der Waals surface area contributed by atoms with Crippen molar-refractivity contribution in [1.29, 1.82) is 0 Å². The second kappa shape index (κ2) is 13.2. The second-order valence-corrected chi connectivity index (χ2v) is 9.55. The van der Waals surface area contributed by atoms with Gasteiger partial charge >= 0.3 is 11.9 Å². The maximum absolute atomic E-state index is 12.7. The van der Waals surface area contributed by atoms with Gasteiger partial charge in [-0.1, -0.05) is 6.07 Å². The fourth-order valence-electron chi connectivity index (χ4n) is 4.17. The van der Waals surface area contributed by atoms with Gasteiger partial charge in [0.1, 0.15) is 6.04 Å². The fourth-order valence-corrected chi connectivity index (χ4v) is 4.17. The van der Waals surface area contributed by atoms with Crippen LogP contribution in [0.5, 0.6) is 0 Å². The largest absolute Gasteiger partial charge is 0.480 e. The van der Waals surface area contributed by atoms with Crippen LogP contribution >= 0.6 is 0 Å². The molecule has 2 heterocycles. The Morgan fingerprint density at radius 2 is 1.67 bits per heavy atom. The van der Waals surface area contributed by atoms with Gasteiger partial charge < -0.3 is 37.6 Å². The molecule has 2 aromatic heterocycles. The number of carboxylic acids is 2. The number of carboxylic acid groups (broad SMARTS) is 2. The predicted octanol–water partition coefficient (Wildman–Crippen LogP) is 2.67. The van der Waals surface area contributed by atoms with E-state index in [1.165, 1.54) is 0 Å². The molecule has 0 aliphatic rings. The molecular weight excluding hydrogens is 542 g/mol. The maximum Gasteiger partial charge on any atom is 0.336 e. The number of benzene rings is 2. The van der Waals surface area contributed by atoms with E-state index in [0.29, 0.717) is 65.3 Å². The number of nitrogens with one attached hydrogen (secondary N) is 3. The fraction of sp³-hybridized carbons (Fsp3) is 0.250. The predicted molar refractivity (Wildman–Crippen MR) is 157 cm³/mol. The number of hydrogen-bond acceptors (Lipinski definition) is 11. The van der Waals surface area contributed by atoms with Crippen molar-refractivity contribution in [1.82, 2.24) is 25.3 Å². The highest BCUT2D eigenvalue weighted by atomic mass is 16.4. The third kappa shape index (κ3) is 7.56. The average Bonchev–Trinajstić information content (AvgIpc) is 2.96. The third-order valence-corrected chi connectivity index (χ3v) is 6.44. The Hall–Kier alpha value is -5.53. The molecule has 0 aliphatic heterocycles. The first kappa shape index (κ1) is 29.5. The van der Waals surface area contributed by atoms with E-state index in [-0.39, 0.29) is 23.8 Å². The van der Waals surface area contributed by atoms with Crippen LogP contribution in [0.2, 0.25) is 0 Å². The Labute approximate surface area is 240 Å². The Bertz CT molecular complexity index is 1610. The topological polar surface area (TPSA) is 231 Å². The van der Waals surface area contributed by atoms with Crippen LogP contribution in [0.3, 0.4) is 0 Å². The highest BCUT2D eigenvalue weighted by Crippen LogP contribution is 2.17. The minimum absolute atomic E-state index is 0.0177. The maximum atomic E-state index is 12.7. The van der Waals surface area contributed by atoms with Crippen molar-refractivity contribution in [2.24, 2.45) is 0 Å². The van der Waals surface area contributed by atoms with Gasteiger partial charge in [0, 0.05) is 23.5 Å². The molecule has 218 valence electrons. The van der Waals surface area contributed by atoms with E-state index in [2.05, 4.69) is 35.9 Å². The van der Waals surface area contributed by atoms with Crippen molar-refractivity contribution in [3.63, 3.8) is 0 Å². The number of amides is 1. The van der Waals surface area contributed by atoms with Gasteiger partial charge in [-0.05, 0) is 68.1 Å². The zero-order chi connectivity index (χ0) is 30.2. The first-order valence-corrected chi connectivity index (χ1v) is 13.1. The van der Waals surface area contributed by atoms with Crippen LogP contribution in [0.25, 0.3) is 11.2 Å². The molecule has 1 amide bonds. The highest BCUT2D eigenvalue weighted by Gasteiger charge is 2.20. The number of carbonyl (C=O) groups excluding carboxylic acids is 1. The number of aromatic nitrogens is 4. The number of nitrogen functional groups attached to an aromatic ring is 2. The van der Waals surface area contributed by atoms with Crippen molar-refractivity contribution in [2.75, 3.05) is 28.6 Å². The van der Waals surface area contributed by atoms with Crippen LogP contribution in [0, 0.1) is 6.92 Å². The summed E-state index contributed by atoms with van der Waals surface area (Å²) in [7, 11) is 0. The van der Waals surface area contributed by atoms with Crippen LogP contribution in [-0.2, 0) is 11.3 Å². The number of aliphatic carboxylic acids is 1. The van der Waals surface area contributed by atoms with Crippen molar-refractivity contribution in [3.8, 4) is 0 Å². The molecule has 0 unspecified atom stereocenters. The zero-order valence-electron chi connectivity index (χ0n) is 22.8. The summed E-state index contributed by atoms with van der Waals surface area (Å²) in [5.74, 6) is -2.46. The lowest BCUT2D eigenvalue weighted by Gasteiger charge is -2.15. The van der Waals surface area contributed by atoms with Crippen molar-refractivity contribution < 1.29 is 24.6 Å². The number of anilines is 4. The normalized spacial score (nSPS) is 11.5. The smallest absolute Gasteiger partial charge is 0.336 e. The molecule has 14 heteroatoms. The van der Waals surface area contributed by atoms with Crippen molar-refractivity contribution in [2.45, 2.75) is 38.8 Å². The molecule has 4 aromatic rings. The number of rotatable bonds is 13. The lowest BCUT2D eigenvalue weighted by atomic mass is 10.1. The number of fused-ring (bicyclic) bond motifs is 1.